The molecule has 0 aliphatic heterocycles. The van der Waals surface area contributed by atoms with Gasteiger partial charge in [0, 0.05) is 12.0 Å². The summed E-state index contributed by atoms with van der Waals surface area (Å²) in [6, 6.07) is 15.3. The van der Waals surface area contributed by atoms with E-state index in [1.165, 1.54) is 0 Å². The first-order valence-electron chi connectivity index (χ1n) is 11.6. The van der Waals surface area contributed by atoms with E-state index in [9.17, 15) is 19.5 Å². The first-order chi connectivity index (χ1) is 16.0. The highest BCUT2D eigenvalue weighted by atomic mass is 16.5. The summed E-state index contributed by atoms with van der Waals surface area (Å²) < 4.78 is 5.55. The third kappa shape index (κ3) is 5.02. The highest BCUT2D eigenvalue weighted by Crippen LogP contribution is 2.44. The van der Waals surface area contributed by atoms with E-state index in [4.69, 9.17) is 4.74 Å². The zero-order chi connectivity index (χ0) is 23.4. The second-order valence-corrected chi connectivity index (χ2v) is 8.84. The Hall–Kier alpha value is -3.35. The average molecular weight is 451 g/mol. The van der Waals surface area contributed by atoms with E-state index in [2.05, 4.69) is 34.9 Å². The molecule has 0 radical (unpaired) electrons. The van der Waals surface area contributed by atoms with Crippen LogP contribution in [0.4, 0.5) is 4.79 Å². The first kappa shape index (κ1) is 22.8. The van der Waals surface area contributed by atoms with Crippen molar-refractivity contribution in [2.24, 2.45) is 5.92 Å². The third-order valence-corrected chi connectivity index (χ3v) is 6.73. The number of ether oxygens (including phenoxy) is 1. The number of hydrogen-bond donors (Lipinski definition) is 3. The van der Waals surface area contributed by atoms with Crippen LogP contribution in [0.15, 0.2) is 48.5 Å². The Morgan fingerprint density at radius 1 is 1.03 bits per heavy atom. The van der Waals surface area contributed by atoms with Crippen LogP contribution in [0.3, 0.4) is 0 Å². The molecule has 0 unspecified atom stereocenters. The van der Waals surface area contributed by atoms with Gasteiger partial charge in [-0.05, 0) is 47.9 Å². The molecule has 33 heavy (non-hydrogen) atoms. The first-order valence-corrected chi connectivity index (χ1v) is 11.6. The molecule has 0 bridgehead atoms. The topological polar surface area (TPSA) is 105 Å². The number of benzene rings is 2. The van der Waals surface area contributed by atoms with Gasteiger partial charge < -0.3 is 20.5 Å². The molecular weight excluding hydrogens is 420 g/mol. The molecule has 2 aliphatic rings. The smallest absolute Gasteiger partial charge is 0.407 e. The van der Waals surface area contributed by atoms with Gasteiger partial charge in [-0.3, -0.25) is 9.59 Å². The largest absolute Gasteiger partial charge is 0.481 e. The Morgan fingerprint density at radius 3 is 2.27 bits per heavy atom. The molecule has 2 aliphatic carbocycles. The number of alkyl carbamates (subject to hydrolysis) is 1. The highest BCUT2D eigenvalue weighted by molar-refractivity contribution is 5.86. The van der Waals surface area contributed by atoms with E-state index < -0.39 is 24.0 Å². The Bertz CT molecular complexity index is 991. The zero-order valence-electron chi connectivity index (χ0n) is 18.8. The van der Waals surface area contributed by atoms with Crippen molar-refractivity contribution in [2.45, 2.75) is 57.0 Å². The lowest BCUT2D eigenvalue weighted by molar-refractivity contribution is -0.143. The summed E-state index contributed by atoms with van der Waals surface area (Å²) in [6.07, 6.45) is 2.34. The van der Waals surface area contributed by atoms with Crippen molar-refractivity contribution < 1.29 is 24.2 Å². The number of carbonyl (C=O) groups is 3. The van der Waals surface area contributed by atoms with Crippen molar-refractivity contribution >= 4 is 18.0 Å². The molecule has 0 heterocycles. The summed E-state index contributed by atoms with van der Waals surface area (Å²) in [4.78, 5) is 36.5. The van der Waals surface area contributed by atoms with Gasteiger partial charge >= 0.3 is 12.1 Å². The number of aliphatic carboxylic acids is 1. The molecule has 1 saturated carbocycles. The summed E-state index contributed by atoms with van der Waals surface area (Å²) in [6.45, 7) is 2.00. The van der Waals surface area contributed by atoms with E-state index in [0.29, 0.717) is 19.3 Å². The molecule has 0 aromatic heterocycles. The van der Waals surface area contributed by atoms with Crippen LogP contribution in [0.25, 0.3) is 11.1 Å². The van der Waals surface area contributed by atoms with Crippen LogP contribution < -0.4 is 10.6 Å². The maximum Gasteiger partial charge on any atom is 0.407 e. The summed E-state index contributed by atoms with van der Waals surface area (Å²) >= 11 is 0. The molecule has 7 heteroatoms. The molecule has 2 aromatic rings. The SMILES string of the molecule is CC[C@@H](NC(=O)OCC1c2ccccc2-c2ccccc21)C(=O)N[C@@H]1CCC[C@@H](C(=O)O)C1. The van der Waals surface area contributed by atoms with Crippen molar-refractivity contribution in [1.82, 2.24) is 10.6 Å². The predicted octanol–water partition coefficient (Wildman–Crippen LogP) is 4.06. The minimum Gasteiger partial charge on any atom is -0.481 e. The maximum absolute atomic E-state index is 12.7. The van der Waals surface area contributed by atoms with Gasteiger partial charge in [-0.1, -0.05) is 61.9 Å². The number of hydrogen-bond acceptors (Lipinski definition) is 4. The van der Waals surface area contributed by atoms with Crippen LogP contribution in [0.5, 0.6) is 0 Å². The Balaban J connectivity index is 1.33. The lowest BCUT2D eigenvalue weighted by atomic mass is 9.85. The maximum atomic E-state index is 12.7. The van der Waals surface area contributed by atoms with E-state index in [1.54, 1.807) is 0 Å². The average Bonchev–Trinajstić information content (AvgIpc) is 3.15. The second kappa shape index (κ2) is 10.1. The summed E-state index contributed by atoms with van der Waals surface area (Å²) in [7, 11) is 0. The molecule has 4 rings (SSSR count). The standard InChI is InChI=1S/C26H30N2O5/c1-2-23(24(29)27-17-9-7-8-16(14-17)25(30)31)28-26(32)33-15-22-20-12-5-3-10-18(20)19-11-4-6-13-21(19)22/h3-6,10-13,16-17,22-23H,2,7-9,14-15H2,1H3,(H,27,29)(H,28,32)(H,30,31)/t16-,17-,23-/m1/s1. The molecule has 3 N–H and O–H groups in total. The van der Waals surface area contributed by atoms with Crippen molar-refractivity contribution in [2.75, 3.05) is 6.61 Å². The molecular formula is C26H30N2O5. The van der Waals surface area contributed by atoms with Gasteiger partial charge in [-0.25, -0.2) is 4.79 Å². The molecule has 174 valence electrons. The summed E-state index contributed by atoms with van der Waals surface area (Å²) in [5.41, 5.74) is 4.56. The number of fused-ring (bicyclic) bond motifs is 3. The van der Waals surface area contributed by atoms with Crippen LogP contribution in [-0.4, -0.2) is 41.8 Å². The van der Waals surface area contributed by atoms with Crippen LogP contribution in [0.1, 0.15) is 56.1 Å². The zero-order valence-corrected chi connectivity index (χ0v) is 18.8. The lowest BCUT2D eigenvalue weighted by Crippen LogP contribution is -2.50. The number of carbonyl (C=O) groups excluding carboxylic acids is 2. The van der Waals surface area contributed by atoms with Crippen LogP contribution >= 0.6 is 0 Å². The van der Waals surface area contributed by atoms with Gasteiger partial charge in [0.15, 0.2) is 0 Å². The van der Waals surface area contributed by atoms with E-state index in [-0.39, 0.29) is 24.5 Å². The molecule has 0 spiro atoms. The van der Waals surface area contributed by atoms with Gasteiger partial charge in [-0.15, -0.1) is 0 Å². The third-order valence-electron chi connectivity index (χ3n) is 6.73. The normalized spacial score (nSPS) is 20.3. The number of carboxylic acid groups (broad SMARTS) is 1. The highest BCUT2D eigenvalue weighted by Gasteiger charge is 2.31. The van der Waals surface area contributed by atoms with E-state index >= 15 is 0 Å². The van der Waals surface area contributed by atoms with E-state index in [0.717, 1.165) is 35.1 Å². The minimum absolute atomic E-state index is 0.0488. The van der Waals surface area contributed by atoms with Gasteiger partial charge in [-0.2, -0.15) is 0 Å². The quantitative estimate of drug-likeness (QED) is 0.590. The monoisotopic (exact) mass is 450 g/mol. The Morgan fingerprint density at radius 2 is 1.67 bits per heavy atom. The minimum atomic E-state index is -0.822. The Kier molecular flexibility index (Phi) is 6.96. The second-order valence-electron chi connectivity index (χ2n) is 8.84. The molecule has 1 fully saturated rings. The fourth-order valence-electron chi connectivity index (χ4n) is 4.98. The number of nitrogens with one attached hydrogen (secondary N) is 2. The molecule has 0 saturated heterocycles. The van der Waals surface area contributed by atoms with Gasteiger partial charge in [0.05, 0.1) is 5.92 Å². The van der Waals surface area contributed by atoms with Crippen molar-refractivity contribution in [3.63, 3.8) is 0 Å². The van der Waals surface area contributed by atoms with Crippen LogP contribution in [0, 0.1) is 5.92 Å². The lowest BCUT2D eigenvalue weighted by Gasteiger charge is -2.29. The number of rotatable bonds is 7. The van der Waals surface area contributed by atoms with Gasteiger partial charge in [0.2, 0.25) is 5.91 Å². The fourth-order valence-corrected chi connectivity index (χ4v) is 4.98. The van der Waals surface area contributed by atoms with Crippen LogP contribution in [0.2, 0.25) is 0 Å². The summed E-state index contributed by atoms with van der Waals surface area (Å²) in [5, 5.41) is 14.8. The molecule has 7 nitrogen and oxygen atoms in total. The van der Waals surface area contributed by atoms with Gasteiger partial charge in [0.1, 0.15) is 12.6 Å². The molecule has 2 amide bonds. The Labute approximate surface area is 193 Å². The van der Waals surface area contributed by atoms with Crippen molar-refractivity contribution in [3.8, 4) is 11.1 Å². The van der Waals surface area contributed by atoms with Crippen molar-refractivity contribution in [3.05, 3.63) is 59.7 Å². The number of amides is 2. The van der Waals surface area contributed by atoms with Crippen molar-refractivity contribution in [1.29, 1.82) is 0 Å². The summed E-state index contributed by atoms with van der Waals surface area (Å²) in [5.74, 6) is -1.61. The predicted molar refractivity (Wildman–Crippen MR) is 124 cm³/mol. The molecule has 3 atom stereocenters. The number of carboxylic acids is 1. The molecule has 2 aromatic carbocycles. The van der Waals surface area contributed by atoms with Crippen LogP contribution in [-0.2, 0) is 14.3 Å². The van der Waals surface area contributed by atoms with Gasteiger partial charge in [0.25, 0.3) is 0 Å². The fraction of sp³-hybridized carbons (Fsp3) is 0.423. The van der Waals surface area contributed by atoms with E-state index in [1.807, 2.05) is 31.2 Å².